The molecule has 0 spiro atoms. The van der Waals surface area contributed by atoms with E-state index in [-0.39, 0.29) is 18.2 Å². The zero-order chi connectivity index (χ0) is 32.2. The number of carbonyl (C=O) groups is 3. The minimum atomic E-state index is -1.30. The molecule has 1 saturated heterocycles. The minimum Gasteiger partial charge on any atom is -0.478 e. The fourth-order valence-corrected chi connectivity index (χ4v) is 6.03. The van der Waals surface area contributed by atoms with Gasteiger partial charge in [-0.1, -0.05) is 23.7 Å². The Morgan fingerprint density at radius 1 is 1.14 bits per heavy atom. The van der Waals surface area contributed by atoms with Crippen molar-refractivity contribution in [1.29, 1.82) is 0 Å². The lowest BCUT2D eigenvalue weighted by atomic mass is 9.69. The average Bonchev–Trinajstić information content (AvgIpc) is 2.97. The van der Waals surface area contributed by atoms with Gasteiger partial charge in [-0.25, -0.2) is 4.39 Å². The van der Waals surface area contributed by atoms with Gasteiger partial charge in [0.2, 0.25) is 12.3 Å². The van der Waals surface area contributed by atoms with Crippen molar-refractivity contribution >= 4 is 41.2 Å². The number of nitrogens with zero attached hydrogens (tertiary/aromatic N) is 1. The van der Waals surface area contributed by atoms with Gasteiger partial charge in [-0.05, 0) is 79.9 Å². The topological polar surface area (TPSA) is 123 Å². The second kappa shape index (κ2) is 13.7. The Kier molecular flexibility index (Phi) is 10.2. The number of nitrogens with two attached hydrogens (primary N) is 1. The summed E-state index contributed by atoms with van der Waals surface area (Å²) >= 11 is 6.34. The van der Waals surface area contributed by atoms with Crippen LogP contribution in [0.3, 0.4) is 0 Å². The van der Waals surface area contributed by atoms with Gasteiger partial charge in [0.15, 0.2) is 5.60 Å². The highest BCUT2D eigenvalue weighted by molar-refractivity contribution is 6.31. The van der Waals surface area contributed by atoms with Crippen molar-refractivity contribution in [3.8, 4) is 5.75 Å². The number of aryl methyl sites for hydroxylation is 1. The van der Waals surface area contributed by atoms with Crippen molar-refractivity contribution in [2.45, 2.75) is 50.7 Å². The number of anilines is 2. The number of ether oxygens (including phenoxy) is 2. The highest BCUT2D eigenvalue weighted by Gasteiger charge is 2.46. The maximum atomic E-state index is 14.8. The summed E-state index contributed by atoms with van der Waals surface area (Å²) in [4.78, 5) is 40.1. The monoisotopic (exact) mass is 624 g/mol. The zero-order valence-electron chi connectivity index (χ0n) is 25.4. The second-order valence-electron chi connectivity index (χ2n) is 11.4. The Morgan fingerprint density at radius 2 is 1.89 bits per heavy atom. The number of piperidine rings is 1. The largest absolute Gasteiger partial charge is 0.478 e. The molecule has 4 N–H and O–H groups in total. The standard InChI is InChI=1S/C33H38ClFN4O5/c1-19-6-8-21(35)15-24(19)31-30(23-10-7-20(34)14-27(23)38-18-40)26(17-29(41)39(31)4)25-16-22(36)9-11-28(25)44-33(2,3)32(42)37-12-13-43-5/h6-11,14-16,18,26,30-31H,12-13,17,36H2,1-5H3,(H,37,42)(H,38,40)/t26-,30+,31+/m1/s1. The number of methoxy groups -OCH3 is 1. The predicted molar refractivity (Wildman–Crippen MR) is 168 cm³/mol. The van der Waals surface area contributed by atoms with Gasteiger partial charge >= 0.3 is 0 Å². The molecule has 1 aliphatic rings. The molecule has 3 amide bonds. The third-order valence-electron chi connectivity index (χ3n) is 8.06. The van der Waals surface area contributed by atoms with E-state index in [0.717, 1.165) is 5.56 Å². The number of likely N-dealkylation sites (N-methyl/N-ethyl adjacent to an activating group) is 1. The lowest BCUT2D eigenvalue weighted by Gasteiger charge is -2.46. The number of benzene rings is 3. The van der Waals surface area contributed by atoms with Gasteiger partial charge in [-0.15, -0.1) is 0 Å². The molecule has 44 heavy (non-hydrogen) atoms. The fraction of sp³-hybridized carbons (Fsp3) is 0.364. The summed E-state index contributed by atoms with van der Waals surface area (Å²) in [5, 5.41) is 5.96. The summed E-state index contributed by atoms with van der Waals surface area (Å²) in [5.41, 5.74) is 8.58. The van der Waals surface area contributed by atoms with Crippen LogP contribution in [0.15, 0.2) is 54.6 Å². The van der Waals surface area contributed by atoms with Crippen LogP contribution in [0.5, 0.6) is 5.75 Å². The van der Waals surface area contributed by atoms with Gasteiger partial charge in [0, 0.05) is 60.9 Å². The van der Waals surface area contributed by atoms with E-state index in [4.69, 9.17) is 26.8 Å². The Hall–Kier alpha value is -4.15. The van der Waals surface area contributed by atoms with Gasteiger partial charge < -0.3 is 30.7 Å². The van der Waals surface area contributed by atoms with Crippen molar-refractivity contribution in [1.82, 2.24) is 10.2 Å². The van der Waals surface area contributed by atoms with E-state index in [1.165, 1.54) is 12.1 Å². The number of amides is 3. The summed E-state index contributed by atoms with van der Waals surface area (Å²) in [7, 11) is 3.23. The smallest absolute Gasteiger partial charge is 0.263 e. The van der Waals surface area contributed by atoms with E-state index in [9.17, 15) is 18.8 Å². The molecule has 0 saturated carbocycles. The molecule has 0 aliphatic carbocycles. The Labute approximate surface area is 261 Å². The molecule has 3 aromatic rings. The first-order chi connectivity index (χ1) is 20.9. The number of carbonyl (C=O) groups excluding carboxylic acids is 3. The highest BCUT2D eigenvalue weighted by Crippen LogP contribution is 2.54. The van der Waals surface area contributed by atoms with Gasteiger partial charge in [0.1, 0.15) is 11.6 Å². The van der Waals surface area contributed by atoms with E-state index in [1.807, 2.05) is 6.92 Å². The molecular formula is C33H38ClFN4O5. The lowest BCUT2D eigenvalue weighted by Crippen LogP contribution is -2.47. The van der Waals surface area contributed by atoms with Crippen molar-refractivity contribution in [3.05, 3.63) is 87.7 Å². The number of hydrogen-bond donors (Lipinski definition) is 3. The maximum Gasteiger partial charge on any atom is 0.263 e. The van der Waals surface area contributed by atoms with Crippen molar-refractivity contribution in [2.24, 2.45) is 0 Å². The number of nitrogens with one attached hydrogen (secondary N) is 2. The van der Waals surface area contributed by atoms with Crippen LogP contribution in [0.4, 0.5) is 15.8 Å². The van der Waals surface area contributed by atoms with Crippen LogP contribution in [0.1, 0.15) is 60.4 Å². The molecule has 11 heteroatoms. The Balaban J connectivity index is 1.93. The number of rotatable bonds is 11. The molecule has 3 atom stereocenters. The zero-order valence-corrected chi connectivity index (χ0v) is 26.2. The van der Waals surface area contributed by atoms with E-state index >= 15 is 0 Å². The number of nitrogen functional groups attached to an aromatic ring is 1. The highest BCUT2D eigenvalue weighted by atomic mass is 35.5. The van der Waals surface area contributed by atoms with Gasteiger partial charge in [0.05, 0.1) is 12.6 Å². The summed E-state index contributed by atoms with van der Waals surface area (Å²) in [5.74, 6) is -1.69. The first-order valence-corrected chi connectivity index (χ1v) is 14.6. The Bertz CT molecular complexity index is 1550. The van der Waals surface area contributed by atoms with Crippen LogP contribution in [-0.4, -0.2) is 56.0 Å². The molecule has 0 radical (unpaired) electrons. The predicted octanol–water partition coefficient (Wildman–Crippen LogP) is 5.33. The molecule has 1 fully saturated rings. The quantitative estimate of drug-likeness (QED) is 0.151. The van der Waals surface area contributed by atoms with Crippen molar-refractivity contribution in [2.75, 3.05) is 38.4 Å². The van der Waals surface area contributed by atoms with E-state index in [0.29, 0.717) is 58.4 Å². The number of likely N-dealkylation sites (tertiary alicyclic amines) is 1. The molecule has 0 bridgehead atoms. The normalized spacial score (nSPS) is 18.6. The molecule has 0 aromatic heterocycles. The Morgan fingerprint density at radius 3 is 2.59 bits per heavy atom. The fourth-order valence-electron chi connectivity index (χ4n) is 5.86. The van der Waals surface area contributed by atoms with E-state index < -0.39 is 29.3 Å². The van der Waals surface area contributed by atoms with Crippen molar-refractivity contribution in [3.63, 3.8) is 0 Å². The van der Waals surface area contributed by atoms with Crippen LogP contribution in [0.2, 0.25) is 5.02 Å². The molecule has 1 heterocycles. The number of halogens is 2. The van der Waals surface area contributed by atoms with Gasteiger partial charge in [-0.2, -0.15) is 0 Å². The summed E-state index contributed by atoms with van der Waals surface area (Å²) in [6, 6.07) is 14.1. The SMILES string of the molecule is COCCNC(=O)C(C)(C)Oc1ccc(N)cc1[C@H]1CC(=O)N(C)[C@@H](c2cc(F)ccc2C)[C@H]1c1ccc(Cl)cc1NC=O. The van der Waals surface area contributed by atoms with Gasteiger partial charge in [-0.3, -0.25) is 14.4 Å². The van der Waals surface area contributed by atoms with E-state index in [1.54, 1.807) is 75.4 Å². The summed E-state index contributed by atoms with van der Waals surface area (Å²) in [6.07, 6.45) is 0.611. The summed E-state index contributed by atoms with van der Waals surface area (Å²) < 4.78 is 26.2. The molecule has 9 nitrogen and oxygen atoms in total. The van der Waals surface area contributed by atoms with Crippen LogP contribution < -0.4 is 21.1 Å². The van der Waals surface area contributed by atoms with Crippen LogP contribution >= 0.6 is 11.6 Å². The molecule has 0 unspecified atom stereocenters. The number of hydrogen-bond acceptors (Lipinski definition) is 6. The third-order valence-corrected chi connectivity index (χ3v) is 8.30. The van der Waals surface area contributed by atoms with Crippen LogP contribution in [0, 0.1) is 12.7 Å². The molecule has 3 aromatic carbocycles. The van der Waals surface area contributed by atoms with Crippen molar-refractivity contribution < 1.29 is 28.2 Å². The molecule has 234 valence electrons. The van der Waals surface area contributed by atoms with Crippen LogP contribution in [0.25, 0.3) is 0 Å². The maximum absolute atomic E-state index is 14.8. The molecule has 4 rings (SSSR count). The first-order valence-electron chi connectivity index (χ1n) is 14.2. The lowest BCUT2D eigenvalue weighted by molar-refractivity contribution is -0.137. The van der Waals surface area contributed by atoms with Crippen LogP contribution in [-0.2, 0) is 19.1 Å². The minimum absolute atomic E-state index is 0.0511. The van der Waals surface area contributed by atoms with Gasteiger partial charge in [0.25, 0.3) is 5.91 Å². The van der Waals surface area contributed by atoms with E-state index in [2.05, 4.69) is 10.6 Å². The average molecular weight is 625 g/mol. The third kappa shape index (κ3) is 6.97. The first kappa shape index (κ1) is 32.8. The summed E-state index contributed by atoms with van der Waals surface area (Å²) in [6.45, 7) is 5.81. The molecule has 1 aliphatic heterocycles. The molecular weight excluding hydrogens is 587 g/mol. The second-order valence-corrected chi connectivity index (χ2v) is 11.9.